The van der Waals surface area contributed by atoms with Crippen molar-refractivity contribution in [2.75, 3.05) is 7.05 Å². The first kappa shape index (κ1) is 17.4. The number of likely N-dealkylation sites (N-methyl/N-ethyl adjacent to an activating group) is 1. The molecule has 3 nitrogen and oxygen atoms in total. The molecule has 0 fully saturated rings. The molecule has 1 atom stereocenters. The standard InChI is InChI=1S/C15H18Br2IN3/c1-4-21-14(15(17)9(2)20-21)8-13(19-3)11-7-10(18)5-6-12(11)16/h5-7,13,19H,4,8H2,1-3H3. The van der Waals surface area contributed by atoms with Crippen molar-refractivity contribution in [3.63, 3.8) is 0 Å². The van der Waals surface area contributed by atoms with Crippen molar-refractivity contribution in [2.45, 2.75) is 32.9 Å². The lowest BCUT2D eigenvalue weighted by atomic mass is 10.0. The lowest BCUT2D eigenvalue weighted by molar-refractivity contribution is 0.538. The number of halogens is 3. The Labute approximate surface area is 156 Å². The first-order valence-corrected chi connectivity index (χ1v) is 9.48. The zero-order valence-corrected chi connectivity index (χ0v) is 17.6. The highest BCUT2D eigenvalue weighted by molar-refractivity contribution is 14.1. The Morgan fingerprint density at radius 2 is 2.10 bits per heavy atom. The van der Waals surface area contributed by atoms with Crippen LogP contribution in [-0.2, 0) is 13.0 Å². The van der Waals surface area contributed by atoms with Crippen molar-refractivity contribution >= 4 is 54.5 Å². The molecule has 0 saturated carbocycles. The minimum atomic E-state index is 0.242. The van der Waals surface area contributed by atoms with Crippen LogP contribution in [0.4, 0.5) is 0 Å². The molecule has 0 saturated heterocycles. The van der Waals surface area contributed by atoms with E-state index in [1.54, 1.807) is 0 Å². The van der Waals surface area contributed by atoms with Crippen LogP contribution >= 0.6 is 54.5 Å². The fourth-order valence-corrected chi connectivity index (χ4v) is 3.89. The highest BCUT2D eigenvalue weighted by Gasteiger charge is 2.19. The van der Waals surface area contributed by atoms with Gasteiger partial charge in [-0.1, -0.05) is 15.9 Å². The number of aromatic nitrogens is 2. The van der Waals surface area contributed by atoms with E-state index in [2.05, 4.69) is 94.7 Å². The number of nitrogens with one attached hydrogen (secondary N) is 1. The largest absolute Gasteiger partial charge is 0.313 e. The maximum absolute atomic E-state index is 4.58. The van der Waals surface area contributed by atoms with E-state index in [1.807, 2.05) is 14.0 Å². The van der Waals surface area contributed by atoms with Crippen LogP contribution in [0.3, 0.4) is 0 Å². The van der Waals surface area contributed by atoms with Crippen molar-refractivity contribution in [1.29, 1.82) is 0 Å². The van der Waals surface area contributed by atoms with Crippen LogP contribution in [0, 0.1) is 10.5 Å². The molecule has 1 aromatic heterocycles. The van der Waals surface area contributed by atoms with Gasteiger partial charge in [-0.25, -0.2) is 0 Å². The summed E-state index contributed by atoms with van der Waals surface area (Å²) >= 11 is 9.70. The monoisotopic (exact) mass is 525 g/mol. The second kappa shape index (κ2) is 7.57. The van der Waals surface area contributed by atoms with Crippen molar-refractivity contribution < 1.29 is 0 Å². The van der Waals surface area contributed by atoms with E-state index in [0.717, 1.165) is 27.6 Å². The first-order valence-electron chi connectivity index (χ1n) is 6.81. The van der Waals surface area contributed by atoms with Crippen molar-refractivity contribution in [2.24, 2.45) is 0 Å². The van der Waals surface area contributed by atoms with Gasteiger partial charge in [-0.3, -0.25) is 4.68 Å². The molecule has 21 heavy (non-hydrogen) atoms. The molecular weight excluding hydrogens is 509 g/mol. The maximum Gasteiger partial charge on any atom is 0.0738 e. The van der Waals surface area contributed by atoms with Gasteiger partial charge in [0.05, 0.1) is 15.9 Å². The van der Waals surface area contributed by atoms with E-state index in [1.165, 1.54) is 14.8 Å². The number of hydrogen-bond donors (Lipinski definition) is 1. The maximum atomic E-state index is 4.58. The molecule has 6 heteroatoms. The van der Waals surface area contributed by atoms with Crippen LogP contribution in [0.1, 0.15) is 29.9 Å². The molecule has 0 amide bonds. The fraction of sp³-hybridized carbons (Fsp3) is 0.400. The Morgan fingerprint density at radius 3 is 2.71 bits per heavy atom. The van der Waals surface area contributed by atoms with Gasteiger partial charge in [-0.15, -0.1) is 0 Å². The van der Waals surface area contributed by atoms with Gasteiger partial charge in [0.1, 0.15) is 0 Å². The normalized spacial score (nSPS) is 12.7. The van der Waals surface area contributed by atoms with Crippen LogP contribution in [0.15, 0.2) is 27.1 Å². The zero-order valence-electron chi connectivity index (χ0n) is 12.3. The van der Waals surface area contributed by atoms with Crippen LogP contribution in [-0.4, -0.2) is 16.8 Å². The first-order chi connectivity index (χ1) is 9.97. The number of aryl methyl sites for hydroxylation is 2. The molecule has 2 rings (SSSR count). The third kappa shape index (κ3) is 3.89. The Morgan fingerprint density at radius 1 is 1.38 bits per heavy atom. The van der Waals surface area contributed by atoms with Crippen molar-refractivity contribution in [3.8, 4) is 0 Å². The molecule has 114 valence electrons. The quantitative estimate of drug-likeness (QED) is 0.565. The van der Waals surface area contributed by atoms with E-state index in [4.69, 9.17) is 0 Å². The average Bonchev–Trinajstić information content (AvgIpc) is 2.74. The van der Waals surface area contributed by atoms with Gasteiger partial charge in [-0.2, -0.15) is 5.10 Å². The Kier molecular flexibility index (Phi) is 6.28. The molecule has 1 aromatic carbocycles. The Bertz CT molecular complexity index is 640. The van der Waals surface area contributed by atoms with Crippen LogP contribution in [0.25, 0.3) is 0 Å². The summed E-state index contributed by atoms with van der Waals surface area (Å²) in [4.78, 5) is 0. The van der Waals surface area contributed by atoms with Crippen LogP contribution in [0.2, 0.25) is 0 Å². The average molecular weight is 527 g/mol. The molecule has 1 heterocycles. The molecule has 0 aliphatic heterocycles. The molecule has 0 aliphatic rings. The summed E-state index contributed by atoms with van der Waals surface area (Å²) in [5, 5.41) is 8.01. The molecule has 1 unspecified atom stereocenters. The van der Waals surface area contributed by atoms with Gasteiger partial charge >= 0.3 is 0 Å². The summed E-state index contributed by atoms with van der Waals surface area (Å²) in [6.45, 7) is 5.04. The number of hydrogen-bond acceptors (Lipinski definition) is 2. The van der Waals surface area contributed by atoms with Gasteiger partial charge in [0.15, 0.2) is 0 Å². The van der Waals surface area contributed by atoms with Gasteiger partial charge in [0, 0.05) is 27.1 Å². The van der Waals surface area contributed by atoms with E-state index < -0.39 is 0 Å². The van der Waals surface area contributed by atoms with Gasteiger partial charge < -0.3 is 5.32 Å². The number of benzene rings is 1. The summed E-state index contributed by atoms with van der Waals surface area (Å²) in [6, 6.07) is 6.68. The highest BCUT2D eigenvalue weighted by atomic mass is 127. The molecule has 0 bridgehead atoms. The van der Waals surface area contributed by atoms with Crippen molar-refractivity contribution in [1.82, 2.24) is 15.1 Å². The molecule has 0 aliphatic carbocycles. The molecule has 2 aromatic rings. The molecule has 0 radical (unpaired) electrons. The molecule has 0 spiro atoms. The third-order valence-electron chi connectivity index (χ3n) is 3.53. The van der Waals surface area contributed by atoms with Crippen molar-refractivity contribution in [3.05, 3.63) is 47.7 Å². The zero-order chi connectivity index (χ0) is 15.6. The van der Waals surface area contributed by atoms with E-state index in [-0.39, 0.29) is 6.04 Å². The van der Waals surface area contributed by atoms with Gasteiger partial charge in [0.2, 0.25) is 0 Å². The predicted molar refractivity (Wildman–Crippen MR) is 103 cm³/mol. The minimum Gasteiger partial charge on any atom is -0.313 e. The summed E-state index contributed by atoms with van der Waals surface area (Å²) in [7, 11) is 2.00. The Balaban J connectivity index is 2.38. The lowest BCUT2D eigenvalue weighted by Crippen LogP contribution is -2.21. The van der Waals surface area contributed by atoms with E-state index >= 15 is 0 Å². The molecular formula is C15H18Br2IN3. The second-order valence-electron chi connectivity index (χ2n) is 4.87. The third-order valence-corrected chi connectivity index (χ3v) is 5.96. The number of nitrogens with zero attached hydrogens (tertiary/aromatic N) is 2. The van der Waals surface area contributed by atoms with E-state index in [9.17, 15) is 0 Å². The van der Waals surface area contributed by atoms with Gasteiger partial charge in [0.25, 0.3) is 0 Å². The van der Waals surface area contributed by atoms with E-state index in [0.29, 0.717) is 0 Å². The summed E-state index contributed by atoms with van der Waals surface area (Å²) in [5.74, 6) is 0. The van der Waals surface area contributed by atoms with Gasteiger partial charge in [-0.05, 0) is 83.2 Å². The van der Waals surface area contributed by atoms with Crippen LogP contribution < -0.4 is 5.32 Å². The smallest absolute Gasteiger partial charge is 0.0738 e. The SMILES string of the molecule is CCn1nc(C)c(Br)c1CC(NC)c1cc(I)ccc1Br. The highest BCUT2D eigenvalue weighted by Crippen LogP contribution is 2.30. The summed E-state index contributed by atoms with van der Waals surface area (Å²) in [6.07, 6.45) is 0.893. The topological polar surface area (TPSA) is 29.9 Å². The number of rotatable bonds is 5. The van der Waals surface area contributed by atoms with Crippen LogP contribution in [0.5, 0.6) is 0 Å². The Hall–Kier alpha value is 0.0800. The summed E-state index contributed by atoms with van der Waals surface area (Å²) in [5.41, 5.74) is 3.56. The summed E-state index contributed by atoms with van der Waals surface area (Å²) < 4.78 is 5.57. The predicted octanol–water partition coefficient (Wildman–Crippen LogP) is 4.84. The minimum absolute atomic E-state index is 0.242. The molecule has 1 N–H and O–H groups in total. The second-order valence-corrected chi connectivity index (χ2v) is 7.77. The lowest BCUT2D eigenvalue weighted by Gasteiger charge is -2.19. The fourth-order valence-electron chi connectivity index (χ4n) is 2.41.